The molecule has 0 unspecified atom stereocenters. The summed E-state index contributed by atoms with van der Waals surface area (Å²) in [7, 11) is 1.64. The molecule has 1 amide bonds. The van der Waals surface area contributed by atoms with E-state index in [1.807, 2.05) is 6.07 Å². The zero-order chi connectivity index (χ0) is 14.6. The van der Waals surface area contributed by atoms with Gasteiger partial charge in [0.2, 0.25) is 0 Å². The Balaban J connectivity index is 2.12. The molecule has 1 aromatic rings. The Morgan fingerprint density at radius 1 is 1.20 bits per heavy atom. The number of hydrogen-bond donors (Lipinski definition) is 1. The maximum atomic E-state index is 11.8. The molecule has 20 heavy (non-hydrogen) atoms. The molecule has 1 rings (SSSR count). The molecule has 0 aliphatic carbocycles. The number of amides is 1. The third-order valence-electron chi connectivity index (χ3n) is 2.71. The lowest BCUT2D eigenvalue weighted by molar-refractivity contribution is 0.0686. The number of nitriles is 1. The number of carbonyl (C=O) groups is 1. The van der Waals surface area contributed by atoms with Crippen molar-refractivity contribution < 1.29 is 14.3 Å². The van der Waals surface area contributed by atoms with Gasteiger partial charge in [-0.1, -0.05) is 0 Å². The van der Waals surface area contributed by atoms with Crippen LogP contribution >= 0.6 is 0 Å². The van der Waals surface area contributed by atoms with Crippen LogP contribution < -0.4 is 5.32 Å². The van der Waals surface area contributed by atoms with Gasteiger partial charge in [-0.15, -0.1) is 0 Å². The van der Waals surface area contributed by atoms with E-state index in [-0.39, 0.29) is 5.91 Å². The highest BCUT2D eigenvalue weighted by molar-refractivity contribution is 5.94. The van der Waals surface area contributed by atoms with E-state index >= 15 is 0 Å². The second-order valence-corrected chi connectivity index (χ2v) is 4.26. The van der Waals surface area contributed by atoms with Gasteiger partial charge in [-0.05, 0) is 37.1 Å². The molecule has 0 spiro atoms. The minimum atomic E-state index is -0.116. The predicted octanol–water partition coefficient (Wildman–Crippen LogP) is 1.73. The highest BCUT2D eigenvalue weighted by Crippen LogP contribution is 2.03. The molecule has 0 saturated heterocycles. The summed E-state index contributed by atoms with van der Waals surface area (Å²) in [5.41, 5.74) is 1.12. The minimum absolute atomic E-state index is 0.116. The van der Waals surface area contributed by atoms with E-state index in [0.29, 0.717) is 37.5 Å². The Labute approximate surface area is 119 Å². The van der Waals surface area contributed by atoms with Crippen molar-refractivity contribution in [2.24, 2.45) is 0 Å². The molecule has 108 valence electrons. The van der Waals surface area contributed by atoms with Gasteiger partial charge in [-0.25, -0.2) is 0 Å². The number of carbonyl (C=O) groups excluding carboxylic acids is 1. The minimum Gasteiger partial charge on any atom is -0.382 e. The zero-order valence-corrected chi connectivity index (χ0v) is 11.7. The van der Waals surface area contributed by atoms with Crippen molar-refractivity contribution in [3.8, 4) is 6.07 Å². The summed E-state index contributed by atoms with van der Waals surface area (Å²) in [6, 6.07) is 8.60. The van der Waals surface area contributed by atoms with Crippen LogP contribution in [0.15, 0.2) is 24.3 Å². The van der Waals surface area contributed by atoms with Crippen LogP contribution in [0.3, 0.4) is 0 Å². The van der Waals surface area contributed by atoms with Crippen LogP contribution in [0.25, 0.3) is 0 Å². The summed E-state index contributed by atoms with van der Waals surface area (Å²) in [5.74, 6) is -0.116. The Morgan fingerprint density at radius 2 is 1.95 bits per heavy atom. The van der Waals surface area contributed by atoms with Crippen LogP contribution in [-0.4, -0.2) is 39.4 Å². The first-order chi connectivity index (χ1) is 9.77. The van der Waals surface area contributed by atoms with Crippen molar-refractivity contribution in [3.63, 3.8) is 0 Å². The average Bonchev–Trinajstić information content (AvgIpc) is 2.50. The lowest BCUT2D eigenvalue weighted by Gasteiger charge is -2.06. The molecule has 0 heterocycles. The van der Waals surface area contributed by atoms with Gasteiger partial charge in [-0.3, -0.25) is 4.79 Å². The van der Waals surface area contributed by atoms with Crippen LogP contribution in [-0.2, 0) is 9.47 Å². The molecule has 0 radical (unpaired) electrons. The molecule has 0 atom stereocenters. The lowest BCUT2D eigenvalue weighted by Crippen LogP contribution is -2.24. The highest BCUT2D eigenvalue weighted by Gasteiger charge is 2.04. The number of methoxy groups -OCH3 is 1. The number of nitrogens with zero attached hydrogens (tertiary/aromatic N) is 1. The van der Waals surface area contributed by atoms with Crippen molar-refractivity contribution in [3.05, 3.63) is 35.4 Å². The molecule has 0 fully saturated rings. The van der Waals surface area contributed by atoms with Gasteiger partial charge in [0.25, 0.3) is 5.91 Å². The fraction of sp³-hybridized carbons (Fsp3) is 0.467. The summed E-state index contributed by atoms with van der Waals surface area (Å²) in [6.07, 6.45) is 1.77. The largest absolute Gasteiger partial charge is 0.382 e. The summed E-state index contributed by atoms with van der Waals surface area (Å²) >= 11 is 0. The average molecular weight is 276 g/mol. The summed E-state index contributed by atoms with van der Waals surface area (Å²) < 4.78 is 10.2. The normalized spacial score (nSPS) is 10.0. The number of unbranched alkanes of at least 4 members (excludes halogenated alkanes) is 1. The zero-order valence-electron chi connectivity index (χ0n) is 11.7. The lowest BCUT2D eigenvalue weighted by atomic mass is 10.1. The molecule has 5 heteroatoms. The maximum absolute atomic E-state index is 11.8. The Bertz CT molecular complexity index is 437. The predicted molar refractivity (Wildman–Crippen MR) is 75.4 cm³/mol. The van der Waals surface area contributed by atoms with Crippen molar-refractivity contribution in [2.75, 3.05) is 33.5 Å². The van der Waals surface area contributed by atoms with E-state index in [1.54, 1.807) is 31.4 Å². The van der Waals surface area contributed by atoms with Crippen LogP contribution in [0.2, 0.25) is 0 Å². The number of hydrogen-bond acceptors (Lipinski definition) is 4. The fourth-order valence-electron chi connectivity index (χ4n) is 1.57. The summed E-state index contributed by atoms with van der Waals surface area (Å²) in [4.78, 5) is 11.8. The number of nitrogens with one attached hydrogen (secondary N) is 1. The molecule has 0 saturated carbocycles. The second kappa shape index (κ2) is 9.96. The smallest absolute Gasteiger partial charge is 0.251 e. The monoisotopic (exact) mass is 276 g/mol. The number of benzene rings is 1. The summed E-state index contributed by atoms with van der Waals surface area (Å²) in [6.45, 7) is 2.51. The van der Waals surface area contributed by atoms with E-state index < -0.39 is 0 Å². The number of rotatable bonds is 9. The van der Waals surface area contributed by atoms with Crippen molar-refractivity contribution in [1.29, 1.82) is 5.26 Å². The van der Waals surface area contributed by atoms with E-state index in [9.17, 15) is 4.79 Å². The van der Waals surface area contributed by atoms with Gasteiger partial charge < -0.3 is 14.8 Å². The quantitative estimate of drug-likeness (QED) is 0.697. The Hall–Kier alpha value is -1.90. The molecule has 1 N–H and O–H groups in total. The van der Waals surface area contributed by atoms with Crippen LogP contribution in [0.1, 0.15) is 28.8 Å². The molecule has 0 aliphatic heterocycles. The molecule has 5 nitrogen and oxygen atoms in total. The van der Waals surface area contributed by atoms with E-state index in [0.717, 1.165) is 12.8 Å². The summed E-state index contributed by atoms with van der Waals surface area (Å²) in [5, 5.41) is 11.5. The van der Waals surface area contributed by atoms with Gasteiger partial charge in [0.1, 0.15) is 0 Å². The van der Waals surface area contributed by atoms with Gasteiger partial charge >= 0.3 is 0 Å². The van der Waals surface area contributed by atoms with Crippen LogP contribution in [0.4, 0.5) is 0 Å². The number of ether oxygens (including phenoxy) is 2. The van der Waals surface area contributed by atoms with Crippen LogP contribution in [0.5, 0.6) is 0 Å². The van der Waals surface area contributed by atoms with E-state index in [4.69, 9.17) is 14.7 Å². The first kappa shape index (κ1) is 16.2. The molecular formula is C15H20N2O3. The molecule has 0 aromatic heterocycles. The molecule has 1 aromatic carbocycles. The van der Waals surface area contributed by atoms with E-state index in [2.05, 4.69) is 5.32 Å². The third-order valence-corrected chi connectivity index (χ3v) is 2.71. The van der Waals surface area contributed by atoms with Gasteiger partial charge in [-0.2, -0.15) is 5.26 Å². The third kappa shape index (κ3) is 6.32. The van der Waals surface area contributed by atoms with Crippen molar-refractivity contribution in [2.45, 2.75) is 12.8 Å². The first-order valence-corrected chi connectivity index (χ1v) is 6.63. The molecule has 0 bridgehead atoms. The highest BCUT2D eigenvalue weighted by atomic mass is 16.5. The molecule has 0 aliphatic rings. The van der Waals surface area contributed by atoms with E-state index in [1.165, 1.54) is 0 Å². The van der Waals surface area contributed by atoms with Gasteiger partial charge in [0, 0.05) is 25.8 Å². The molecular weight excluding hydrogens is 256 g/mol. The van der Waals surface area contributed by atoms with Gasteiger partial charge in [0.05, 0.1) is 24.8 Å². The second-order valence-electron chi connectivity index (χ2n) is 4.26. The fourth-order valence-corrected chi connectivity index (χ4v) is 1.57. The first-order valence-electron chi connectivity index (χ1n) is 6.63. The van der Waals surface area contributed by atoms with Crippen molar-refractivity contribution >= 4 is 5.91 Å². The SMILES string of the molecule is COCCOCCCCNC(=O)c1ccc(C#N)cc1. The van der Waals surface area contributed by atoms with Crippen LogP contribution in [0, 0.1) is 11.3 Å². The Morgan fingerprint density at radius 3 is 2.60 bits per heavy atom. The Kier molecular flexibility index (Phi) is 8.04. The standard InChI is InChI=1S/C15H20N2O3/c1-19-10-11-20-9-3-2-8-17-15(18)14-6-4-13(12-16)5-7-14/h4-7H,2-3,8-11H2,1H3,(H,17,18). The van der Waals surface area contributed by atoms with Gasteiger partial charge in [0.15, 0.2) is 0 Å². The topological polar surface area (TPSA) is 71.3 Å². The maximum Gasteiger partial charge on any atom is 0.251 e. The van der Waals surface area contributed by atoms with Crippen molar-refractivity contribution in [1.82, 2.24) is 5.32 Å².